The lowest BCUT2D eigenvalue weighted by Gasteiger charge is -2.14. The first-order valence-electron chi connectivity index (χ1n) is 5.85. The molecular weight excluding hydrogens is 303 g/mol. The van der Waals surface area contributed by atoms with E-state index in [1.165, 1.54) is 0 Å². The SMILES string of the molecule is Cc1ccc(C(O)Cc2ccc(Cl)cc2Cl)c(Cl)c1. The highest BCUT2D eigenvalue weighted by atomic mass is 35.5. The topological polar surface area (TPSA) is 20.2 Å². The highest BCUT2D eigenvalue weighted by molar-refractivity contribution is 6.35. The minimum atomic E-state index is -0.688. The van der Waals surface area contributed by atoms with Crippen LogP contribution in [0.25, 0.3) is 0 Å². The summed E-state index contributed by atoms with van der Waals surface area (Å²) in [5, 5.41) is 12.0. The summed E-state index contributed by atoms with van der Waals surface area (Å²) in [6.07, 6.45) is -0.287. The summed E-state index contributed by atoms with van der Waals surface area (Å²) >= 11 is 18.1. The Bertz CT molecular complexity index is 596. The summed E-state index contributed by atoms with van der Waals surface area (Å²) < 4.78 is 0. The number of rotatable bonds is 3. The Hall–Kier alpha value is -0.730. The van der Waals surface area contributed by atoms with Crippen molar-refractivity contribution in [1.82, 2.24) is 0 Å². The Morgan fingerprint density at radius 3 is 2.37 bits per heavy atom. The molecule has 19 heavy (non-hydrogen) atoms. The monoisotopic (exact) mass is 314 g/mol. The predicted octanol–water partition coefficient (Wildman–Crippen LogP) is 5.23. The van der Waals surface area contributed by atoms with Crippen molar-refractivity contribution < 1.29 is 5.11 Å². The molecule has 0 heterocycles. The van der Waals surface area contributed by atoms with Crippen LogP contribution in [0.15, 0.2) is 36.4 Å². The van der Waals surface area contributed by atoms with Crippen molar-refractivity contribution in [1.29, 1.82) is 0 Å². The Labute approximate surface area is 127 Å². The van der Waals surface area contributed by atoms with E-state index in [0.717, 1.165) is 11.1 Å². The predicted molar refractivity (Wildman–Crippen MR) is 81.3 cm³/mol. The third-order valence-electron chi connectivity index (χ3n) is 2.94. The van der Waals surface area contributed by atoms with Gasteiger partial charge in [0.15, 0.2) is 0 Å². The van der Waals surface area contributed by atoms with Crippen molar-refractivity contribution in [2.45, 2.75) is 19.4 Å². The zero-order valence-electron chi connectivity index (χ0n) is 10.3. The molecule has 1 nitrogen and oxygen atoms in total. The molecule has 0 spiro atoms. The molecule has 0 radical (unpaired) electrons. The normalized spacial score (nSPS) is 12.5. The standard InChI is InChI=1S/C15H13Cl3O/c1-9-2-5-12(14(18)6-9)15(19)7-10-3-4-11(16)8-13(10)17/h2-6,8,15,19H,7H2,1H3. The maximum absolute atomic E-state index is 10.3. The van der Waals surface area contributed by atoms with Gasteiger partial charge in [-0.1, -0.05) is 53.0 Å². The highest BCUT2D eigenvalue weighted by Gasteiger charge is 2.14. The highest BCUT2D eigenvalue weighted by Crippen LogP contribution is 2.29. The Morgan fingerprint density at radius 2 is 1.74 bits per heavy atom. The van der Waals surface area contributed by atoms with Gasteiger partial charge >= 0.3 is 0 Å². The maximum Gasteiger partial charge on any atom is 0.0845 e. The number of aliphatic hydroxyl groups is 1. The van der Waals surface area contributed by atoms with Crippen LogP contribution >= 0.6 is 34.8 Å². The first kappa shape index (κ1) is 14.7. The number of benzene rings is 2. The second-order valence-corrected chi connectivity index (χ2v) is 5.73. The van der Waals surface area contributed by atoms with Gasteiger partial charge in [-0.25, -0.2) is 0 Å². The summed E-state index contributed by atoms with van der Waals surface area (Å²) in [5.74, 6) is 0. The van der Waals surface area contributed by atoms with Gasteiger partial charge in [-0.2, -0.15) is 0 Å². The first-order chi connectivity index (χ1) is 8.97. The lowest BCUT2D eigenvalue weighted by Crippen LogP contribution is -2.03. The first-order valence-corrected chi connectivity index (χ1v) is 6.99. The molecule has 0 aromatic heterocycles. The smallest absolute Gasteiger partial charge is 0.0845 e. The summed E-state index contributed by atoms with van der Waals surface area (Å²) in [5.41, 5.74) is 2.61. The van der Waals surface area contributed by atoms with Gasteiger partial charge in [-0.15, -0.1) is 0 Å². The van der Waals surface area contributed by atoms with Crippen LogP contribution in [-0.2, 0) is 6.42 Å². The van der Waals surface area contributed by atoms with E-state index in [0.29, 0.717) is 27.1 Å². The Kier molecular flexibility index (Phi) is 4.75. The molecule has 2 rings (SSSR count). The number of aliphatic hydroxyl groups excluding tert-OH is 1. The maximum atomic E-state index is 10.3. The Morgan fingerprint density at radius 1 is 1.00 bits per heavy atom. The third kappa shape index (κ3) is 3.64. The fourth-order valence-corrected chi connectivity index (χ4v) is 2.75. The van der Waals surface area contributed by atoms with Crippen molar-refractivity contribution in [2.75, 3.05) is 0 Å². The molecule has 0 amide bonds. The van der Waals surface area contributed by atoms with Gasteiger partial charge in [0.25, 0.3) is 0 Å². The van der Waals surface area contributed by atoms with E-state index in [9.17, 15) is 5.11 Å². The molecular formula is C15H13Cl3O. The summed E-state index contributed by atoms with van der Waals surface area (Å²) in [4.78, 5) is 0. The molecule has 0 saturated carbocycles. The second kappa shape index (κ2) is 6.15. The molecule has 100 valence electrons. The van der Waals surface area contributed by atoms with Crippen molar-refractivity contribution >= 4 is 34.8 Å². The van der Waals surface area contributed by atoms with E-state index in [4.69, 9.17) is 34.8 Å². The fraction of sp³-hybridized carbons (Fsp3) is 0.200. The van der Waals surface area contributed by atoms with E-state index >= 15 is 0 Å². The van der Waals surface area contributed by atoms with Crippen LogP contribution in [0.4, 0.5) is 0 Å². The van der Waals surface area contributed by atoms with E-state index < -0.39 is 6.10 Å². The van der Waals surface area contributed by atoms with Gasteiger partial charge in [0.2, 0.25) is 0 Å². The van der Waals surface area contributed by atoms with Crippen LogP contribution < -0.4 is 0 Å². The van der Waals surface area contributed by atoms with Crippen LogP contribution in [0.1, 0.15) is 22.8 Å². The molecule has 1 N–H and O–H groups in total. The van der Waals surface area contributed by atoms with Crippen LogP contribution in [0.3, 0.4) is 0 Å². The summed E-state index contributed by atoms with van der Waals surface area (Å²) in [6, 6.07) is 10.8. The molecule has 0 bridgehead atoms. The fourth-order valence-electron chi connectivity index (χ4n) is 1.91. The molecule has 2 aromatic rings. The van der Waals surface area contributed by atoms with E-state index in [2.05, 4.69) is 0 Å². The molecule has 2 aromatic carbocycles. The third-order valence-corrected chi connectivity index (χ3v) is 3.86. The van der Waals surface area contributed by atoms with Crippen LogP contribution in [0, 0.1) is 6.92 Å². The molecule has 0 aliphatic heterocycles. The van der Waals surface area contributed by atoms with Crippen LogP contribution in [0.5, 0.6) is 0 Å². The van der Waals surface area contributed by atoms with Crippen molar-refractivity contribution in [3.05, 3.63) is 68.2 Å². The zero-order chi connectivity index (χ0) is 14.0. The zero-order valence-corrected chi connectivity index (χ0v) is 12.6. The molecule has 1 atom stereocenters. The van der Waals surface area contributed by atoms with E-state index in [1.54, 1.807) is 12.1 Å². The van der Waals surface area contributed by atoms with Crippen molar-refractivity contribution in [2.24, 2.45) is 0 Å². The molecule has 4 heteroatoms. The van der Waals surface area contributed by atoms with Gasteiger partial charge in [0.05, 0.1) is 6.10 Å². The minimum absolute atomic E-state index is 0.402. The van der Waals surface area contributed by atoms with Gasteiger partial charge < -0.3 is 5.11 Å². The quantitative estimate of drug-likeness (QED) is 0.822. The average Bonchev–Trinajstić information content (AvgIpc) is 2.32. The van der Waals surface area contributed by atoms with Gasteiger partial charge in [-0.05, 0) is 41.8 Å². The summed E-state index contributed by atoms with van der Waals surface area (Å²) in [6.45, 7) is 1.96. The Balaban J connectivity index is 2.23. The van der Waals surface area contributed by atoms with Crippen LogP contribution in [-0.4, -0.2) is 5.11 Å². The number of aryl methyl sites for hydroxylation is 1. The summed E-state index contributed by atoms with van der Waals surface area (Å²) in [7, 11) is 0. The minimum Gasteiger partial charge on any atom is -0.388 e. The van der Waals surface area contributed by atoms with Crippen molar-refractivity contribution in [3.8, 4) is 0 Å². The van der Waals surface area contributed by atoms with Crippen LogP contribution in [0.2, 0.25) is 15.1 Å². The number of halogens is 3. The average molecular weight is 316 g/mol. The second-order valence-electron chi connectivity index (χ2n) is 4.48. The van der Waals surface area contributed by atoms with Gasteiger partial charge in [-0.3, -0.25) is 0 Å². The number of hydrogen-bond donors (Lipinski definition) is 1. The number of hydrogen-bond acceptors (Lipinski definition) is 1. The lowest BCUT2D eigenvalue weighted by molar-refractivity contribution is 0.178. The molecule has 0 fully saturated rings. The lowest BCUT2D eigenvalue weighted by atomic mass is 10.0. The molecule has 0 aliphatic carbocycles. The van der Waals surface area contributed by atoms with Crippen molar-refractivity contribution in [3.63, 3.8) is 0 Å². The molecule has 0 saturated heterocycles. The van der Waals surface area contributed by atoms with E-state index in [1.807, 2.05) is 31.2 Å². The van der Waals surface area contributed by atoms with Gasteiger partial charge in [0.1, 0.15) is 0 Å². The molecule has 1 unspecified atom stereocenters. The van der Waals surface area contributed by atoms with E-state index in [-0.39, 0.29) is 0 Å². The molecule has 0 aliphatic rings. The largest absolute Gasteiger partial charge is 0.388 e. The van der Waals surface area contributed by atoms with Gasteiger partial charge in [0, 0.05) is 21.5 Å².